The molecule has 6 heteroatoms. The Morgan fingerprint density at radius 1 is 0.886 bits per heavy atom. The first-order valence-corrected chi connectivity index (χ1v) is 11.4. The maximum absolute atomic E-state index is 11.7. The van der Waals surface area contributed by atoms with E-state index in [-0.39, 0.29) is 22.5 Å². The van der Waals surface area contributed by atoms with Gasteiger partial charge in [0.25, 0.3) is 5.69 Å². The van der Waals surface area contributed by atoms with Crippen LogP contribution in [0.25, 0.3) is 0 Å². The third kappa shape index (κ3) is 7.22. The fourth-order valence-corrected chi connectivity index (χ4v) is 3.45. The van der Waals surface area contributed by atoms with Crippen LogP contribution < -0.4 is 5.73 Å². The summed E-state index contributed by atoms with van der Waals surface area (Å²) in [5.41, 5.74) is 9.45. The van der Waals surface area contributed by atoms with Crippen molar-refractivity contribution in [2.45, 2.75) is 39.0 Å². The van der Waals surface area contributed by atoms with Crippen LogP contribution in [-0.2, 0) is 6.42 Å². The zero-order chi connectivity index (χ0) is 25.2. The number of carbonyl (C=O) groups is 1. The highest BCUT2D eigenvalue weighted by Gasteiger charge is 2.15. The highest BCUT2D eigenvalue weighted by Crippen LogP contribution is 2.24. The zero-order valence-corrected chi connectivity index (χ0v) is 19.5. The van der Waals surface area contributed by atoms with E-state index in [0.29, 0.717) is 11.1 Å². The second-order valence-corrected chi connectivity index (χ2v) is 8.10. The standard InChI is InChI=1S/C29H26N2O4/c1-2-3-4-5-6-21-7-9-22(10-8-21)14-18-26-19-27(30)25(20-28(26)31(34)35)17-13-23-11-15-24(16-12-23)29(32)33/h7-12,15-16,19-20H,2-6,30H2,1H3,(H,32,33). The molecule has 0 aliphatic heterocycles. The summed E-state index contributed by atoms with van der Waals surface area (Å²) in [6.07, 6.45) is 5.87. The van der Waals surface area contributed by atoms with Crippen LogP contribution in [0.15, 0.2) is 60.7 Å². The van der Waals surface area contributed by atoms with Crippen LogP contribution >= 0.6 is 0 Å². The second kappa shape index (κ2) is 12.1. The van der Waals surface area contributed by atoms with Crippen molar-refractivity contribution in [2.75, 3.05) is 5.73 Å². The summed E-state index contributed by atoms with van der Waals surface area (Å²) in [5, 5.41) is 20.6. The number of nitrogens with two attached hydrogens (primary N) is 1. The summed E-state index contributed by atoms with van der Waals surface area (Å²) in [6, 6.07) is 16.7. The van der Waals surface area contributed by atoms with Gasteiger partial charge in [0.15, 0.2) is 0 Å². The van der Waals surface area contributed by atoms with E-state index < -0.39 is 10.9 Å². The fraction of sp³-hybridized carbons (Fsp3) is 0.207. The Bertz CT molecular complexity index is 1340. The zero-order valence-electron chi connectivity index (χ0n) is 19.5. The van der Waals surface area contributed by atoms with Gasteiger partial charge in [0.05, 0.1) is 16.1 Å². The molecule has 0 atom stereocenters. The number of unbranched alkanes of at least 4 members (excludes halogenated alkanes) is 3. The predicted molar refractivity (Wildman–Crippen MR) is 137 cm³/mol. The Labute approximate surface area is 205 Å². The van der Waals surface area contributed by atoms with Gasteiger partial charge in [0.2, 0.25) is 0 Å². The summed E-state index contributed by atoms with van der Waals surface area (Å²) in [5.74, 6) is 10.5. The summed E-state index contributed by atoms with van der Waals surface area (Å²) in [4.78, 5) is 22.1. The number of carboxylic acids is 1. The molecule has 3 aromatic carbocycles. The first-order valence-electron chi connectivity index (χ1n) is 11.4. The Hall–Kier alpha value is -4.55. The average molecular weight is 467 g/mol. The first kappa shape index (κ1) is 25.1. The topological polar surface area (TPSA) is 106 Å². The van der Waals surface area contributed by atoms with Crippen LogP contribution in [0, 0.1) is 33.8 Å². The molecular formula is C29H26N2O4. The van der Waals surface area contributed by atoms with E-state index in [4.69, 9.17) is 10.8 Å². The van der Waals surface area contributed by atoms with E-state index in [1.54, 1.807) is 12.1 Å². The SMILES string of the molecule is CCCCCCc1ccc(C#Cc2cc(N)c(C#Cc3ccc(C(=O)O)cc3)cc2[N+](=O)[O-])cc1. The van der Waals surface area contributed by atoms with Crippen LogP contribution in [0.4, 0.5) is 11.4 Å². The van der Waals surface area contributed by atoms with Gasteiger partial charge in [0.1, 0.15) is 5.56 Å². The molecule has 35 heavy (non-hydrogen) atoms. The van der Waals surface area contributed by atoms with E-state index in [9.17, 15) is 14.9 Å². The van der Waals surface area contributed by atoms with Gasteiger partial charge in [-0.3, -0.25) is 10.1 Å². The Morgan fingerprint density at radius 2 is 1.49 bits per heavy atom. The predicted octanol–water partition coefficient (Wildman–Crippen LogP) is 5.80. The lowest BCUT2D eigenvalue weighted by atomic mass is 10.0. The minimum atomic E-state index is -1.03. The summed E-state index contributed by atoms with van der Waals surface area (Å²) in [7, 11) is 0. The molecule has 3 N–H and O–H groups in total. The van der Waals surface area contributed by atoms with Crippen molar-refractivity contribution in [3.63, 3.8) is 0 Å². The fourth-order valence-electron chi connectivity index (χ4n) is 3.45. The normalized spacial score (nSPS) is 9.97. The number of nitrogens with zero attached hydrogens (tertiary/aromatic N) is 1. The molecule has 3 aromatic rings. The number of nitro benzene ring substituents is 1. The number of hydrogen-bond donors (Lipinski definition) is 2. The Kier molecular flexibility index (Phi) is 8.65. The summed E-state index contributed by atoms with van der Waals surface area (Å²) >= 11 is 0. The number of nitro groups is 1. The third-order valence-corrected chi connectivity index (χ3v) is 5.45. The summed E-state index contributed by atoms with van der Waals surface area (Å²) < 4.78 is 0. The van der Waals surface area contributed by atoms with Gasteiger partial charge < -0.3 is 10.8 Å². The first-order chi connectivity index (χ1) is 16.9. The molecule has 176 valence electrons. The molecule has 0 unspecified atom stereocenters. The van der Waals surface area contributed by atoms with Gasteiger partial charge in [-0.1, -0.05) is 62.0 Å². The van der Waals surface area contributed by atoms with Gasteiger partial charge in [0, 0.05) is 22.9 Å². The number of aromatic carboxylic acids is 1. The molecule has 0 heterocycles. The molecule has 0 aliphatic carbocycles. The van der Waals surface area contributed by atoms with Crippen molar-refractivity contribution in [1.82, 2.24) is 0 Å². The van der Waals surface area contributed by atoms with Gasteiger partial charge in [-0.05, 0) is 60.9 Å². The Morgan fingerprint density at radius 3 is 2.06 bits per heavy atom. The number of hydrogen-bond acceptors (Lipinski definition) is 4. The molecule has 6 nitrogen and oxygen atoms in total. The maximum atomic E-state index is 11.7. The number of carboxylic acid groups (broad SMARTS) is 1. The molecule has 0 aliphatic rings. The van der Waals surface area contributed by atoms with Crippen LogP contribution in [-0.4, -0.2) is 16.0 Å². The van der Waals surface area contributed by atoms with Crippen LogP contribution in [0.2, 0.25) is 0 Å². The van der Waals surface area contributed by atoms with E-state index >= 15 is 0 Å². The lowest BCUT2D eigenvalue weighted by Gasteiger charge is -2.02. The molecule has 0 radical (unpaired) electrons. The average Bonchev–Trinajstić information content (AvgIpc) is 2.85. The smallest absolute Gasteiger partial charge is 0.335 e. The van der Waals surface area contributed by atoms with Crippen molar-refractivity contribution >= 4 is 17.3 Å². The molecule has 0 spiro atoms. The highest BCUT2D eigenvalue weighted by atomic mass is 16.6. The van der Waals surface area contributed by atoms with Gasteiger partial charge in [-0.25, -0.2) is 4.79 Å². The van der Waals surface area contributed by atoms with Crippen molar-refractivity contribution in [2.24, 2.45) is 0 Å². The molecule has 3 rings (SSSR count). The minimum Gasteiger partial charge on any atom is -0.478 e. The van der Waals surface area contributed by atoms with Crippen LogP contribution in [0.1, 0.15) is 70.8 Å². The lowest BCUT2D eigenvalue weighted by Crippen LogP contribution is -1.98. The van der Waals surface area contributed by atoms with Crippen molar-refractivity contribution < 1.29 is 14.8 Å². The van der Waals surface area contributed by atoms with Gasteiger partial charge in [-0.15, -0.1) is 0 Å². The lowest BCUT2D eigenvalue weighted by molar-refractivity contribution is -0.385. The number of rotatable bonds is 7. The number of anilines is 1. The van der Waals surface area contributed by atoms with Crippen molar-refractivity contribution in [3.05, 3.63) is 104 Å². The second-order valence-electron chi connectivity index (χ2n) is 8.10. The van der Waals surface area contributed by atoms with E-state index in [0.717, 1.165) is 18.4 Å². The molecule has 0 amide bonds. The van der Waals surface area contributed by atoms with Crippen LogP contribution in [0.5, 0.6) is 0 Å². The largest absolute Gasteiger partial charge is 0.478 e. The van der Waals surface area contributed by atoms with E-state index in [1.807, 2.05) is 24.3 Å². The number of benzene rings is 3. The number of nitrogen functional groups attached to an aromatic ring is 1. The van der Waals surface area contributed by atoms with Gasteiger partial charge in [-0.2, -0.15) is 0 Å². The quantitative estimate of drug-likeness (QED) is 0.151. The highest BCUT2D eigenvalue weighted by molar-refractivity contribution is 5.87. The molecule has 0 aromatic heterocycles. The Balaban J connectivity index is 1.80. The molecular weight excluding hydrogens is 440 g/mol. The van der Waals surface area contributed by atoms with Gasteiger partial charge >= 0.3 is 5.97 Å². The third-order valence-electron chi connectivity index (χ3n) is 5.45. The molecule has 0 fully saturated rings. The number of aryl methyl sites for hydroxylation is 1. The minimum absolute atomic E-state index is 0.148. The van der Waals surface area contributed by atoms with E-state index in [2.05, 4.69) is 30.6 Å². The summed E-state index contributed by atoms with van der Waals surface area (Å²) in [6.45, 7) is 2.19. The monoisotopic (exact) mass is 466 g/mol. The maximum Gasteiger partial charge on any atom is 0.335 e. The van der Waals surface area contributed by atoms with Crippen molar-refractivity contribution in [1.29, 1.82) is 0 Å². The molecule has 0 saturated heterocycles. The van der Waals surface area contributed by atoms with E-state index in [1.165, 1.54) is 49.1 Å². The van der Waals surface area contributed by atoms with Crippen molar-refractivity contribution in [3.8, 4) is 23.7 Å². The molecule has 0 bridgehead atoms. The van der Waals surface area contributed by atoms with Crippen LogP contribution in [0.3, 0.4) is 0 Å². The molecule has 0 saturated carbocycles.